The van der Waals surface area contributed by atoms with E-state index in [4.69, 9.17) is 11.6 Å². The van der Waals surface area contributed by atoms with E-state index in [1.54, 1.807) is 0 Å². The molecule has 1 aliphatic heterocycles. The Morgan fingerprint density at radius 1 is 1.29 bits per heavy atom. The summed E-state index contributed by atoms with van der Waals surface area (Å²) in [6.45, 7) is 13.2. The average molecular weight is 309 g/mol. The van der Waals surface area contributed by atoms with Gasteiger partial charge in [0.05, 0.1) is 10.7 Å². The molecule has 3 heteroatoms. The maximum Gasteiger partial charge on any atom is 0.0642 e. The predicted octanol–water partition coefficient (Wildman–Crippen LogP) is 4.85. The number of nitrogens with one attached hydrogen (secondary N) is 1. The first-order valence-corrected chi connectivity index (χ1v) is 8.44. The summed E-state index contributed by atoms with van der Waals surface area (Å²) >= 11 is 6.54. The molecule has 118 valence electrons. The molecule has 0 bridgehead atoms. The standard InChI is InChI=1S/C18H29ClN2/c1-13-8-9-21(14(2)10-13)17-7-6-15(11-16(17)19)12-20-18(3,4)5/h6-7,11,13-14,20H,8-10,12H2,1-5H3. The second-order valence-electron chi connectivity index (χ2n) is 7.56. The van der Waals surface area contributed by atoms with Gasteiger partial charge in [0.25, 0.3) is 0 Å². The van der Waals surface area contributed by atoms with Crippen molar-refractivity contribution >= 4 is 17.3 Å². The van der Waals surface area contributed by atoms with E-state index < -0.39 is 0 Å². The highest BCUT2D eigenvalue weighted by Crippen LogP contribution is 2.33. The van der Waals surface area contributed by atoms with Crippen LogP contribution in [0.1, 0.15) is 53.0 Å². The molecule has 1 heterocycles. The zero-order valence-electron chi connectivity index (χ0n) is 14.0. The van der Waals surface area contributed by atoms with Crippen molar-refractivity contribution in [1.82, 2.24) is 5.32 Å². The first-order chi connectivity index (χ1) is 9.76. The summed E-state index contributed by atoms with van der Waals surface area (Å²) in [6, 6.07) is 7.07. The normalized spacial score (nSPS) is 23.4. The van der Waals surface area contributed by atoms with E-state index in [0.29, 0.717) is 6.04 Å². The number of piperidine rings is 1. The van der Waals surface area contributed by atoms with Gasteiger partial charge in [-0.1, -0.05) is 24.6 Å². The molecule has 0 aromatic heterocycles. The van der Waals surface area contributed by atoms with Crippen LogP contribution < -0.4 is 10.2 Å². The number of rotatable bonds is 3. The van der Waals surface area contributed by atoms with Gasteiger partial charge in [-0.25, -0.2) is 0 Å². The summed E-state index contributed by atoms with van der Waals surface area (Å²) < 4.78 is 0. The fraction of sp³-hybridized carbons (Fsp3) is 0.667. The Bertz CT molecular complexity index is 479. The highest BCUT2D eigenvalue weighted by molar-refractivity contribution is 6.33. The molecule has 0 aliphatic carbocycles. The lowest BCUT2D eigenvalue weighted by molar-refractivity contribution is 0.378. The van der Waals surface area contributed by atoms with Crippen LogP contribution in [0.4, 0.5) is 5.69 Å². The molecule has 1 N–H and O–H groups in total. The quantitative estimate of drug-likeness (QED) is 0.858. The third-order valence-corrected chi connectivity index (χ3v) is 4.59. The maximum atomic E-state index is 6.54. The highest BCUT2D eigenvalue weighted by Gasteiger charge is 2.24. The zero-order chi connectivity index (χ0) is 15.6. The van der Waals surface area contributed by atoms with Gasteiger partial charge in [-0.2, -0.15) is 0 Å². The molecule has 2 nitrogen and oxygen atoms in total. The van der Waals surface area contributed by atoms with Gasteiger partial charge in [0, 0.05) is 24.7 Å². The molecule has 1 fully saturated rings. The van der Waals surface area contributed by atoms with E-state index in [0.717, 1.165) is 24.0 Å². The number of anilines is 1. The number of hydrogen-bond donors (Lipinski definition) is 1. The number of nitrogens with zero attached hydrogens (tertiary/aromatic N) is 1. The van der Waals surface area contributed by atoms with Crippen LogP contribution in [0.5, 0.6) is 0 Å². The SMILES string of the molecule is CC1CCN(c2ccc(CNC(C)(C)C)cc2Cl)C(C)C1. The fourth-order valence-electron chi connectivity index (χ4n) is 3.03. The van der Waals surface area contributed by atoms with E-state index in [1.165, 1.54) is 24.1 Å². The lowest BCUT2D eigenvalue weighted by Gasteiger charge is -2.38. The molecule has 2 rings (SSSR count). The monoisotopic (exact) mass is 308 g/mol. The lowest BCUT2D eigenvalue weighted by atomic mass is 9.93. The summed E-state index contributed by atoms with van der Waals surface area (Å²) in [6.07, 6.45) is 2.51. The first-order valence-electron chi connectivity index (χ1n) is 8.06. The Morgan fingerprint density at radius 3 is 2.57 bits per heavy atom. The molecule has 0 amide bonds. The van der Waals surface area contributed by atoms with E-state index in [9.17, 15) is 0 Å². The number of benzene rings is 1. The summed E-state index contributed by atoms with van der Waals surface area (Å²) in [7, 11) is 0. The molecule has 2 atom stereocenters. The Balaban J connectivity index is 2.09. The van der Waals surface area contributed by atoms with Crippen molar-refractivity contribution < 1.29 is 0 Å². The largest absolute Gasteiger partial charge is 0.368 e. The molecule has 1 aliphatic rings. The average Bonchev–Trinajstić information content (AvgIpc) is 2.37. The third-order valence-electron chi connectivity index (χ3n) is 4.28. The van der Waals surface area contributed by atoms with Crippen LogP contribution in [0.3, 0.4) is 0 Å². The number of hydrogen-bond acceptors (Lipinski definition) is 2. The molecule has 1 aromatic rings. The minimum Gasteiger partial charge on any atom is -0.368 e. The van der Waals surface area contributed by atoms with Gasteiger partial charge in [0.2, 0.25) is 0 Å². The van der Waals surface area contributed by atoms with E-state index in [1.807, 2.05) is 0 Å². The topological polar surface area (TPSA) is 15.3 Å². The molecule has 0 spiro atoms. The molecule has 21 heavy (non-hydrogen) atoms. The summed E-state index contributed by atoms with van der Waals surface area (Å²) in [5.74, 6) is 0.824. The predicted molar refractivity (Wildman–Crippen MR) is 93.3 cm³/mol. The molecule has 2 unspecified atom stereocenters. The second-order valence-corrected chi connectivity index (χ2v) is 7.97. The third kappa shape index (κ3) is 4.62. The van der Waals surface area contributed by atoms with E-state index in [2.05, 4.69) is 63.0 Å². The molecular weight excluding hydrogens is 280 g/mol. The van der Waals surface area contributed by atoms with Crippen molar-refractivity contribution in [3.05, 3.63) is 28.8 Å². The number of halogens is 1. The Morgan fingerprint density at radius 2 is 2.00 bits per heavy atom. The van der Waals surface area contributed by atoms with Crippen molar-refractivity contribution in [3.63, 3.8) is 0 Å². The smallest absolute Gasteiger partial charge is 0.0642 e. The summed E-state index contributed by atoms with van der Waals surface area (Å²) in [5.41, 5.74) is 2.56. The van der Waals surface area contributed by atoms with Crippen LogP contribution in [0.15, 0.2) is 18.2 Å². The van der Waals surface area contributed by atoms with Gasteiger partial charge in [-0.15, -0.1) is 0 Å². The second kappa shape index (κ2) is 6.58. The van der Waals surface area contributed by atoms with Crippen molar-refractivity contribution in [2.75, 3.05) is 11.4 Å². The maximum absolute atomic E-state index is 6.54. The Hall–Kier alpha value is -0.730. The minimum absolute atomic E-state index is 0.128. The van der Waals surface area contributed by atoms with Crippen LogP contribution in [0, 0.1) is 5.92 Å². The van der Waals surface area contributed by atoms with Gasteiger partial charge in [0.1, 0.15) is 0 Å². The summed E-state index contributed by atoms with van der Waals surface area (Å²) in [4.78, 5) is 2.46. The van der Waals surface area contributed by atoms with Crippen LogP contribution in [0.2, 0.25) is 5.02 Å². The minimum atomic E-state index is 0.128. The van der Waals surface area contributed by atoms with E-state index in [-0.39, 0.29) is 5.54 Å². The molecular formula is C18H29ClN2. The Labute approximate surface area is 134 Å². The summed E-state index contributed by atoms with van der Waals surface area (Å²) in [5, 5.41) is 4.39. The Kier molecular flexibility index (Phi) is 5.21. The van der Waals surface area contributed by atoms with Gasteiger partial charge in [0.15, 0.2) is 0 Å². The molecule has 1 aromatic carbocycles. The molecule has 1 saturated heterocycles. The lowest BCUT2D eigenvalue weighted by Crippen LogP contribution is -2.40. The van der Waals surface area contributed by atoms with Crippen LogP contribution in [0.25, 0.3) is 0 Å². The van der Waals surface area contributed by atoms with Crippen molar-refractivity contribution in [2.45, 2.75) is 65.6 Å². The van der Waals surface area contributed by atoms with Crippen LogP contribution in [-0.4, -0.2) is 18.1 Å². The van der Waals surface area contributed by atoms with Crippen LogP contribution >= 0.6 is 11.6 Å². The zero-order valence-corrected chi connectivity index (χ0v) is 14.8. The van der Waals surface area contributed by atoms with Crippen molar-refractivity contribution in [1.29, 1.82) is 0 Å². The van der Waals surface area contributed by atoms with Crippen molar-refractivity contribution in [2.24, 2.45) is 5.92 Å². The van der Waals surface area contributed by atoms with Gasteiger partial charge >= 0.3 is 0 Å². The fourth-order valence-corrected chi connectivity index (χ4v) is 3.34. The highest BCUT2D eigenvalue weighted by atomic mass is 35.5. The van der Waals surface area contributed by atoms with Crippen molar-refractivity contribution in [3.8, 4) is 0 Å². The molecule has 0 saturated carbocycles. The van der Waals surface area contributed by atoms with Crippen LogP contribution in [-0.2, 0) is 6.54 Å². The first kappa shape index (κ1) is 16.6. The van der Waals surface area contributed by atoms with Gasteiger partial charge in [-0.3, -0.25) is 0 Å². The molecule has 0 radical (unpaired) electrons. The van der Waals surface area contributed by atoms with E-state index >= 15 is 0 Å². The van der Waals surface area contributed by atoms with Gasteiger partial charge < -0.3 is 10.2 Å². The van der Waals surface area contributed by atoms with Gasteiger partial charge in [-0.05, 0) is 64.2 Å².